The quantitative estimate of drug-likeness (QED) is 0.0885. The van der Waals surface area contributed by atoms with Crippen molar-refractivity contribution in [2.75, 3.05) is 39.3 Å². The van der Waals surface area contributed by atoms with Gasteiger partial charge in [0.2, 0.25) is 0 Å². The van der Waals surface area contributed by atoms with Gasteiger partial charge >= 0.3 is 0 Å². The predicted molar refractivity (Wildman–Crippen MR) is 178 cm³/mol. The summed E-state index contributed by atoms with van der Waals surface area (Å²) >= 11 is 0. The van der Waals surface area contributed by atoms with Gasteiger partial charge in [0.1, 0.15) is 0 Å². The largest absolute Gasteiger partial charge is 0.330 e. The minimum Gasteiger partial charge on any atom is -0.330 e. The van der Waals surface area contributed by atoms with Gasteiger partial charge in [-0.05, 0) is 169 Å². The van der Waals surface area contributed by atoms with Crippen molar-refractivity contribution in [1.29, 1.82) is 0 Å². The van der Waals surface area contributed by atoms with Crippen LogP contribution in [0.1, 0.15) is 130 Å². The first kappa shape index (κ1) is 34.6. The lowest BCUT2D eigenvalue weighted by atomic mass is 9.44. The highest BCUT2D eigenvalue weighted by molar-refractivity contribution is 5.11. The molecule has 6 heteroatoms. The molecule has 0 spiro atoms. The summed E-state index contributed by atoms with van der Waals surface area (Å²) < 4.78 is 0. The summed E-state index contributed by atoms with van der Waals surface area (Å²) in [6.45, 7) is 16.4. The van der Waals surface area contributed by atoms with Crippen LogP contribution in [0.25, 0.3) is 0 Å². The number of hydrogen-bond acceptors (Lipinski definition) is 6. The molecule has 4 aliphatic rings. The van der Waals surface area contributed by atoms with E-state index in [-0.39, 0.29) is 6.10 Å². The van der Waals surface area contributed by atoms with Crippen molar-refractivity contribution in [1.82, 2.24) is 16.0 Å². The maximum absolute atomic E-state index is 6.12. The summed E-state index contributed by atoms with van der Waals surface area (Å²) in [5.41, 5.74) is 6.49. The van der Waals surface area contributed by atoms with Crippen molar-refractivity contribution in [2.45, 2.75) is 143 Å². The number of unbranched alkanes of at least 4 members (excludes halogenated alkanes) is 2. The Morgan fingerprint density at radius 2 is 1.43 bits per heavy atom. The molecule has 4 saturated carbocycles. The predicted octanol–water partition coefficient (Wildman–Crippen LogP) is 6.39. The molecule has 9 unspecified atom stereocenters. The first-order chi connectivity index (χ1) is 20.3. The summed E-state index contributed by atoms with van der Waals surface area (Å²) in [6.07, 6.45) is 21.6. The number of hydrogen-bond donors (Lipinski definition) is 5. The van der Waals surface area contributed by atoms with Crippen molar-refractivity contribution in [3.63, 3.8) is 0 Å². The van der Waals surface area contributed by atoms with E-state index < -0.39 is 0 Å². The molecule has 42 heavy (non-hydrogen) atoms. The van der Waals surface area contributed by atoms with Gasteiger partial charge < -0.3 is 26.5 Å². The first-order valence-electron chi connectivity index (χ1n) is 18.5. The van der Waals surface area contributed by atoms with E-state index in [0.29, 0.717) is 22.8 Å². The van der Waals surface area contributed by atoms with Gasteiger partial charge in [0.05, 0.1) is 6.10 Å². The minimum absolute atomic E-state index is 0.236. The van der Waals surface area contributed by atoms with Gasteiger partial charge in [-0.25, -0.2) is 5.90 Å². The van der Waals surface area contributed by atoms with Crippen molar-refractivity contribution in [3.8, 4) is 0 Å². The molecular formula is C36H71N5O. The van der Waals surface area contributed by atoms with Crippen LogP contribution in [0.4, 0.5) is 0 Å². The van der Waals surface area contributed by atoms with Gasteiger partial charge in [0, 0.05) is 6.04 Å². The third-order valence-electron chi connectivity index (χ3n) is 13.1. The highest BCUT2D eigenvalue weighted by atomic mass is 16.6. The van der Waals surface area contributed by atoms with E-state index in [0.717, 1.165) is 75.3 Å². The lowest BCUT2D eigenvalue weighted by Crippen LogP contribution is -2.60. The van der Waals surface area contributed by atoms with Gasteiger partial charge in [0.15, 0.2) is 0 Å². The Bertz CT molecular complexity index is 765. The zero-order valence-electron chi connectivity index (χ0n) is 28.2. The molecule has 4 fully saturated rings. The van der Waals surface area contributed by atoms with Crippen molar-refractivity contribution in [2.24, 2.45) is 58.0 Å². The van der Waals surface area contributed by atoms with Crippen molar-refractivity contribution < 1.29 is 4.84 Å². The number of nitrogens with two attached hydrogens (primary N) is 2. The van der Waals surface area contributed by atoms with E-state index in [2.05, 4.69) is 43.6 Å². The van der Waals surface area contributed by atoms with Gasteiger partial charge in [0.25, 0.3) is 0 Å². The Morgan fingerprint density at radius 1 is 0.738 bits per heavy atom. The molecule has 7 N–H and O–H groups in total. The zero-order chi connectivity index (χ0) is 30.0. The normalized spacial score (nSPS) is 37.9. The highest BCUT2D eigenvalue weighted by Gasteiger charge is 2.62. The zero-order valence-corrected chi connectivity index (χ0v) is 28.2. The van der Waals surface area contributed by atoms with E-state index in [1.165, 1.54) is 96.3 Å². The Morgan fingerprint density at radius 3 is 2.14 bits per heavy atom. The topological polar surface area (TPSA) is 97.4 Å². The Labute approximate surface area is 260 Å². The van der Waals surface area contributed by atoms with E-state index in [1.54, 1.807) is 0 Å². The fourth-order valence-electron chi connectivity index (χ4n) is 10.6. The second kappa shape index (κ2) is 16.9. The Kier molecular flexibility index (Phi) is 13.9. The third-order valence-corrected chi connectivity index (χ3v) is 13.1. The van der Waals surface area contributed by atoms with Crippen LogP contribution in [0, 0.1) is 46.3 Å². The maximum Gasteiger partial charge on any atom is 0.0824 e. The lowest BCUT2D eigenvalue weighted by Gasteiger charge is -2.62. The van der Waals surface area contributed by atoms with Gasteiger partial charge in [-0.15, -0.1) is 0 Å². The molecule has 0 amide bonds. The van der Waals surface area contributed by atoms with Crippen molar-refractivity contribution >= 4 is 0 Å². The first-order valence-corrected chi connectivity index (χ1v) is 18.5. The summed E-state index contributed by atoms with van der Waals surface area (Å²) in [5.74, 6) is 11.1. The Hall–Kier alpha value is -0.240. The average molecular weight is 590 g/mol. The molecule has 0 saturated heterocycles. The molecule has 0 heterocycles. The van der Waals surface area contributed by atoms with Crippen LogP contribution >= 0.6 is 0 Å². The van der Waals surface area contributed by atoms with Gasteiger partial charge in [-0.2, -0.15) is 0 Å². The monoisotopic (exact) mass is 590 g/mol. The van der Waals surface area contributed by atoms with Crippen LogP contribution in [0.2, 0.25) is 0 Å². The molecule has 6 nitrogen and oxygen atoms in total. The van der Waals surface area contributed by atoms with E-state index >= 15 is 0 Å². The Balaban J connectivity index is 1.20. The van der Waals surface area contributed by atoms with Crippen LogP contribution in [-0.4, -0.2) is 51.4 Å². The van der Waals surface area contributed by atoms with Crippen LogP contribution in [0.5, 0.6) is 0 Å². The number of nitrogens with one attached hydrogen (secondary N) is 3. The molecule has 9 atom stereocenters. The van der Waals surface area contributed by atoms with Gasteiger partial charge in [-0.1, -0.05) is 47.0 Å². The van der Waals surface area contributed by atoms with E-state index in [4.69, 9.17) is 16.5 Å². The second-order valence-electron chi connectivity index (χ2n) is 16.0. The summed E-state index contributed by atoms with van der Waals surface area (Å²) in [6, 6.07) is 0.618. The third kappa shape index (κ3) is 8.51. The van der Waals surface area contributed by atoms with Gasteiger partial charge in [-0.3, -0.25) is 0 Å². The molecule has 0 aliphatic heterocycles. The van der Waals surface area contributed by atoms with Crippen LogP contribution in [0.15, 0.2) is 0 Å². The molecule has 4 rings (SSSR count). The average Bonchev–Trinajstić information content (AvgIpc) is 3.31. The molecule has 0 bridgehead atoms. The second-order valence-corrected chi connectivity index (χ2v) is 16.0. The highest BCUT2D eigenvalue weighted by Crippen LogP contribution is 2.68. The molecule has 0 aromatic heterocycles. The molecule has 0 aromatic rings. The summed E-state index contributed by atoms with van der Waals surface area (Å²) in [5, 5.41) is 11.1. The maximum atomic E-state index is 6.12. The molecule has 0 aromatic carbocycles. The minimum atomic E-state index is 0.236. The lowest BCUT2D eigenvalue weighted by molar-refractivity contribution is -0.177. The SMILES string of the molecule is CC(C)CCCCC1CCC2C3CC(ON)C4CC(NCCCNCCCCNCCCN)CCC4(C)C3CCC12C. The fourth-order valence-corrected chi connectivity index (χ4v) is 10.6. The van der Waals surface area contributed by atoms with E-state index in [9.17, 15) is 0 Å². The van der Waals surface area contributed by atoms with Crippen LogP contribution in [0.3, 0.4) is 0 Å². The summed E-state index contributed by atoms with van der Waals surface area (Å²) in [4.78, 5) is 5.90. The number of rotatable bonds is 19. The molecule has 0 radical (unpaired) electrons. The molecule has 4 aliphatic carbocycles. The van der Waals surface area contributed by atoms with Crippen LogP contribution in [-0.2, 0) is 4.84 Å². The molecule has 246 valence electrons. The van der Waals surface area contributed by atoms with Crippen molar-refractivity contribution in [3.05, 3.63) is 0 Å². The van der Waals surface area contributed by atoms with Crippen LogP contribution < -0.4 is 27.6 Å². The smallest absolute Gasteiger partial charge is 0.0824 e. The standard InChI is InChI=1S/C36H71N5O/c1-27(2)11-5-6-12-28-13-14-31-30-26-34(42-38)33-25-29(15-17-36(33,4)32(30)16-18-35(28,31)3)41-24-10-23-40-21-8-7-20-39-22-9-19-37/h27-34,39-41H,5-26,37-38H2,1-4H3. The number of fused-ring (bicyclic) bond motifs is 5. The van der Waals surface area contributed by atoms with E-state index in [1.807, 2.05) is 0 Å². The summed E-state index contributed by atoms with van der Waals surface area (Å²) in [7, 11) is 0. The molecular weight excluding hydrogens is 518 g/mol. The fraction of sp³-hybridized carbons (Fsp3) is 1.00.